The molecule has 0 saturated carbocycles. The summed E-state index contributed by atoms with van der Waals surface area (Å²) in [4.78, 5) is 0. The third kappa shape index (κ3) is 2.44. The molecule has 2 heteroatoms. The Kier molecular flexibility index (Phi) is 3.94. The van der Waals surface area contributed by atoms with Crippen LogP contribution in [0.25, 0.3) is 0 Å². The van der Waals surface area contributed by atoms with Gasteiger partial charge in [-0.15, -0.1) is 0 Å². The van der Waals surface area contributed by atoms with E-state index in [0.717, 1.165) is 0 Å². The van der Waals surface area contributed by atoms with Gasteiger partial charge in [-0.2, -0.15) is 0 Å². The number of hydrogen-bond acceptors (Lipinski definition) is 0. The van der Waals surface area contributed by atoms with E-state index in [1.165, 1.54) is 16.3 Å². The van der Waals surface area contributed by atoms with Crippen molar-refractivity contribution < 1.29 is 23.3 Å². The van der Waals surface area contributed by atoms with E-state index >= 15 is 0 Å². The van der Waals surface area contributed by atoms with Crippen LogP contribution in [0.15, 0.2) is 48.5 Å². The van der Waals surface area contributed by atoms with Gasteiger partial charge in [0, 0.05) is 0 Å². The summed E-state index contributed by atoms with van der Waals surface area (Å²) in [5.74, 6) is 0. The predicted octanol–water partition coefficient (Wildman–Crippen LogP) is 1.96. The number of hydrogen-bond donors (Lipinski definition) is 0. The van der Waals surface area contributed by atoms with Crippen LogP contribution in [0.1, 0.15) is 11.1 Å². The molecule has 0 aliphatic rings. The van der Waals surface area contributed by atoms with E-state index in [9.17, 15) is 0 Å². The zero-order valence-corrected chi connectivity index (χ0v) is 13.1. The molecule has 2 aromatic rings. The summed E-state index contributed by atoms with van der Waals surface area (Å²) < 4.78 is 0. The summed E-state index contributed by atoms with van der Waals surface area (Å²) in [7, 11) is 0. The molecule has 0 aliphatic heterocycles. The van der Waals surface area contributed by atoms with Gasteiger partial charge in [-0.05, 0) is 0 Å². The van der Waals surface area contributed by atoms with Gasteiger partial charge < -0.3 is 0 Å². The van der Waals surface area contributed by atoms with Crippen LogP contribution in [-0.4, -0.2) is 5.43 Å². The van der Waals surface area contributed by atoms with Gasteiger partial charge in [0.15, 0.2) is 0 Å². The second-order valence-corrected chi connectivity index (χ2v) is 9.54. The van der Waals surface area contributed by atoms with E-state index in [1.807, 2.05) is 0 Å². The Hall–Kier alpha value is -0.460. The van der Waals surface area contributed by atoms with Crippen molar-refractivity contribution in [1.82, 2.24) is 0 Å². The van der Waals surface area contributed by atoms with Crippen LogP contribution in [0, 0.1) is 13.8 Å². The van der Waals surface area contributed by atoms with Crippen LogP contribution in [-0.2, 0) is 23.3 Å². The van der Waals surface area contributed by atoms with Crippen LogP contribution in [0.4, 0.5) is 0 Å². The summed E-state index contributed by atoms with van der Waals surface area (Å²) in [5.41, 5.74) is 2.39. The van der Waals surface area contributed by atoms with Crippen molar-refractivity contribution in [1.29, 1.82) is 0 Å². The molecule has 0 nitrogen and oxygen atoms in total. The third-order valence-corrected chi connectivity index (χ3v) is 9.04. The van der Waals surface area contributed by atoms with Crippen LogP contribution in [0.5, 0.6) is 0 Å². The van der Waals surface area contributed by atoms with Crippen LogP contribution in [0.3, 0.4) is 0 Å². The van der Waals surface area contributed by atoms with Gasteiger partial charge in [0.25, 0.3) is 0 Å². The summed E-state index contributed by atoms with van der Waals surface area (Å²) in [6, 6.07) is 17.6. The molecule has 0 N–H and O–H groups in total. The van der Waals surface area contributed by atoms with E-state index < -0.39 is 5.43 Å². The predicted molar refractivity (Wildman–Crippen MR) is 67.4 cm³/mol. The fourth-order valence-electron chi connectivity index (χ4n) is 1.78. The monoisotopic (exact) mass is 300 g/mol. The Balaban J connectivity index is 2.46. The minimum absolute atomic E-state index is 0.507. The quantitative estimate of drug-likeness (QED) is 0.744. The third-order valence-electron chi connectivity index (χ3n) is 2.94. The molecule has 76 valence electrons. The van der Waals surface area contributed by atoms with Gasteiger partial charge in [0.1, 0.15) is 0 Å². The van der Waals surface area contributed by atoms with Crippen molar-refractivity contribution in [3.63, 3.8) is 0 Å². The Labute approximate surface area is 112 Å². The Morgan fingerprint density at radius 2 is 1.56 bits per heavy atom. The second-order valence-electron chi connectivity index (χ2n) is 3.99. The van der Waals surface area contributed by atoms with Crippen molar-refractivity contribution >= 4 is 15.8 Å². The summed E-state index contributed by atoms with van der Waals surface area (Å²) in [6.07, 6.45) is 0. The standard InChI is InChI=1S/C14H14Si.Zr/c1-11-7-6-10-14(12(11)2)15-13-8-4-3-5-9-13;/h3-10H,1-2H3;/q;+2. The Morgan fingerprint density at radius 1 is 0.875 bits per heavy atom. The molecule has 0 aromatic heterocycles. The first kappa shape index (κ1) is 12.0. The molecule has 0 saturated heterocycles. The fraction of sp³-hybridized carbons (Fsp3) is 0.143. The molecule has 16 heavy (non-hydrogen) atoms. The molecule has 0 heterocycles. The summed E-state index contributed by atoms with van der Waals surface area (Å²) in [5, 5.41) is 3.11. The molecule has 0 amide bonds. The average Bonchev–Trinajstić information content (AvgIpc) is 2.33. The Morgan fingerprint density at radius 3 is 2.25 bits per heavy atom. The van der Waals surface area contributed by atoms with Gasteiger partial charge in [-0.3, -0.25) is 0 Å². The first-order chi connectivity index (χ1) is 7.70. The normalized spacial score (nSPS) is 10.2. The van der Waals surface area contributed by atoms with Crippen LogP contribution >= 0.6 is 0 Å². The van der Waals surface area contributed by atoms with Gasteiger partial charge in [0.2, 0.25) is 0 Å². The number of rotatable bonds is 2. The SMILES string of the molecule is Cc1cccc([Si](=[Zr+2])c2ccccc2)c1C. The number of benzene rings is 2. The molecule has 0 fully saturated rings. The van der Waals surface area contributed by atoms with Crippen molar-refractivity contribution in [2.24, 2.45) is 0 Å². The minimum atomic E-state index is -0.507. The maximum atomic E-state index is 2.30. The summed E-state index contributed by atoms with van der Waals surface area (Å²) >= 11 is 1.65. The summed E-state index contributed by atoms with van der Waals surface area (Å²) in [6.45, 7) is 4.46. The molecule has 0 unspecified atom stereocenters. The van der Waals surface area contributed by atoms with Crippen molar-refractivity contribution in [3.8, 4) is 0 Å². The molecule has 0 atom stereocenters. The van der Waals surface area contributed by atoms with Crippen molar-refractivity contribution in [3.05, 3.63) is 59.7 Å². The first-order valence-electron chi connectivity index (χ1n) is 5.40. The average molecular weight is 302 g/mol. The van der Waals surface area contributed by atoms with Crippen LogP contribution < -0.4 is 10.4 Å². The van der Waals surface area contributed by atoms with Crippen molar-refractivity contribution in [2.45, 2.75) is 13.8 Å². The zero-order chi connectivity index (χ0) is 11.5. The maximum absolute atomic E-state index is 2.30. The first-order valence-corrected chi connectivity index (χ1v) is 10.6. The number of aryl methyl sites for hydroxylation is 1. The zero-order valence-electron chi connectivity index (χ0n) is 9.62. The molecule has 0 aliphatic carbocycles. The molecule has 0 spiro atoms. The van der Waals surface area contributed by atoms with Crippen LogP contribution in [0.2, 0.25) is 0 Å². The molecule has 0 radical (unpaired) electrons. The molecule has 2 aromatic carbocycles. The molecular formula is C14H14SiZr+2. The van der Waals surface area contributed by atoms with E-state index in [1.54, 1.807) is 28.5 Å². The fourth-order valence-corrected chi connectivity index (χ4v) is 6.68. The molecular weight excluding hydrogens is 287 g/mol. The van der Waals surface area contributed by atoms with Gasteiger partial charge >= 0.3 is 113 Å². The topological polar surface area (TPSA) is 0 Å². The van der Waals surface area contributed by atoms with Crippen molar-refractivity contribution in [2.75, 3.05) is 0 Å². The second kappa shape index (κ2) is 5.25. The Bertz CT molecular complexity index is 518. The van der Waals surface area contributed by atoms with E-state index in [4.69, 9.17) is 0 Å². The van der Waals surface area contributed by atoms with Gasteiger partial charge in [0.05, 0.1) is 0 Å². The van der Waals surface area contributed by atoms with E-state index in [-0.39, 0.29) is 0 Å². The molecule has 2 rings (SSSR count). The molecule has 0 bridgehead atoms. The van der Waals surface area contributed by atoms with E-state index in [0.29, 0.717) is 0 Å². The van der Waals surface area contributed by atoms with Gasteiger partial charge in [-0.25, -0.2) is 0 Å². The van der Waals surface area contributed by atoms with E-state index in [2.05, 4.69) is 62.4 Å². The van der Waals surface area contributed by atoms with Gasteiger partial charge in [-0.1, -0.05) is 0 Å².